The SMILES string of the molecule is Cn1c(=O)c2ccccc2n2c(COc3ccccc3C=O)nnc12. The van der Waals surface area contributed by atoms with Crippen molar-refractivity contribution in [2.75, 3.05) is 0 Å². The molecule has 0 amide bonds. The maximum absolute atomic E-state index is 12.4. The molecule has 0 saturated heterocycles. The van der Waals surface area contributed by atoms with Crippen LogP contribution in [0.25, 0.3) is 16.7 Å². The number of para-hydroxylation sites is 2. The van der Waals surface area contributed by atoms with Gasteiger partial charge in [0, 0.05) is 7.05 Å². The summed E-state index contributed by atoms with van der Waals surface area (Å²) in [6, 6.07) is 14.3. The number of hydrogen-bond acceptors (Lipinski definition) is 5. The van der Waals surface area contributed by atoms with Crippen LogP contribution in [0.15, 0.2) is 53.3 Å². The molecule has 2 aromatic heterocycles. The van der Waals surface area contributed by atoms with Gasteiger partial charge >= 0.3 is 0 Å². The number of carbonyl (C=O) groups is 1. The molecule has 25 heavy (non-hydrogen) atoms. The minimum atomic E-state index is -0.130. The maximum Gasteiger partial charge on any atom is 0.262 e. The molecule has 0 spiro atoms. The van der Waals surface area contributed by atoms with E-state index < -0.39 is 0 Å². The molecule has 2 heterocycles. The van der Waals surface area contributed by atoms with E-state index in [1.165, 1.54) is 4.57 Å². The first kappa shape index (κ1) is 15.1. The number of benzene rings is 2. The normalized spacial score (nSPS) is 11.1. The van der Waals surface area contributed by atoms with Crippen molar-refractivity contribution in [3.63, 3.8) is 0 Å². The summed E-state index contributed by atoms with van der Waals surface area (Å²) in [5, 5.41) is 8.84. The summed E-state index contributed by atoms with van der Waals surface area (Å²) in [5.41, 5.74) is 1.05. The number of fused-ring (bicyclic) bond motifs is 3. The van der Waals surface area contributed by atoms with Gasteiger partial charge in [0.15, 0.2) is 12.1 Å². The topological polar surface area (TPSA) is 78.5 Å². The number of carbonyl (C=O) groups excluding carboxylic acids is 1. The monoisotopic (exact) mass is 334 g/mol. The lowest BCUT2D eigenvalue weighted by Crippen LogP contribution is -2.20. The van der Waals surface area contributed by atoms with Gasteiger partial charge in [0.1, 0.15) is 12.4 Å². The summed E-state index contributed by atoms with van der Waals surface area (Å²) < 4.78 is 9.01. The first-order chi connectivity index (χ1) is 12.2. The molecular weight excluding hydrogens is 320 g/mol. The van der Waals surface area contributed by atoms with Crippen molar-refractivity contribution < 1.29 is 9.53 Å². The first-order valence-electron chi connectivity index (χ1n) is 7.69. The van der Waals surface area contributed by atoms with Gasteiger partial charge in [-0.2, -0.15) is 0 Å². The Hall–Kier alpha value is -3.48. The molecule has 2 aromatic carbocycles. The number of ether oxygens (including phenoxy) is 1. The van der Waals surface area contributed by atoms with Crippen LogP contribution in [0.1, 0.15) is 16.2 Å². The zero-order valence-corrected chi connectivity index (χ0v) is 13.4. The van der Waals surface area contributed by atoms with Crippen molar-refractivity contribution in [1.29, 1.82) is 0 Å². The van der Waals surface area contributed by atoms with Crippen molar-refractivity contribution in [2.45, 2.75) is 6.61 Å². The number of aldehydes is 1. The smallest absolute Gasteiger partial charge is 0.262 e. The number of aromatic nitrogens is 4. The molecule has 0 fully saturated rings. The van der Waals surface area contributed by atoms with E-state index in [4.69, 9.17) is 4.74 Å². The molecule has 0 N–H and O–H groups in total. The van der Waals surface area contributed by atoms with Crippen LogP contribution < -0.4 is 10.3 Å². The second-order valence-corrected chi connectivity index (χ2v) is 5.58. The molecule has 7 heteroatoms. The van der Waals surface area contributed by atoms with Gasteiger partial charge in [-0.15, -0.1) is 10.2 Å². The van der Waals surface area contributed by atoms with Crippen LogP contribution in [0.4, 0.5) is 0 Å². The van der Waals surface area contributed by atoms with Crippen molar-refractivity contribution >= 4 is 23.0 Å². The van der Waals surface area contributed by atoms with Crippen molar-refractivity contribution in [2.24, 2.45) is 7.05 Å². The Morgan fingerprint density at radius 1 is 1.08 bits per heavy atom. The lowest BCUT2D eigenvalue weighted by molar-refractivity contribution is 0.111. The Morgan fingerprint density at radius 3 is 2.68 bits per heavy atom. The highest BCUT2D eigenvalue weighted by Crippen LogP contribution is 2.19. The van der Waals surface area contributed by atoms with E-state index in [0.717, 1.165) is 6.29 Å². The Labute approximate surface area is 142 Å². The fraction of sp³-hybridized carbons (Fsp3) is 0.111. The minimum Gasteiger partial charge on any atom is -0.485 e. The van der Waals surface area contributed by atoms with Crippen LogP contribution in [0.5, 0.6) is 5.75 Å². The molecule has 0 bridgehead atoms. The van der Waals surface area contributed by atoms with Gasteiger partial charge in [0.25, 0.3) is 5.56 Å². The van der Waals surface area contributed by atoms with E-state index in [9.17, 15) is 9.59 Å². The van der Waals surface area contributed by atoms with E-state index in [1.54, 1.807) is 41.8 Å². The Bertz CT molecular complexity index is 1160. The van der Waals surface area contributed by atoms with Gasteiger partial charge in [-0.3, -0.25) is 18.6 Å². The lowest BCUT2D eigenvalue weighted by Gasteiger charge is -2.09. The quantitative estimate of drug-likeness (QED) is 0.533. The summed E-state index contributed by atoms with van der Waals surface area (Å²) in [4.78, 5) is 23.5. The average molecular weight is 334 g/mol. The Kier molecular flexibility index (Phi) is 3.53. The fourth-order valence-corrected chi connectivity index (χ4v) is 2.84. The predicted molar refractivity (Wildman–Crippen MR) is 91.9 cm³/mol. The van der Waals surface area contributed by atoms with E-state index in [2.05, 4.69) is 10.2 Å². The third-order valence-electron chi connectivity index (χ3n) is 4.10. The average Bonchev–Trinajstić information content (AvgIpc) is 3.09. The molecule has 4 rings (SSSR count). The molecule has 124 valence electrons. The van der Waals surface area contributed by atoms with E-state index in [0.29, 0.717) is 33.8 Å². The fourth-order valence-electron chi connectivity index (χ4n) is 2.84. The minimum absolute atomic E-state index is 0.119. The van der Waals surface area contributed by atoms with Crippen molar-refractivity contribution in [3.05, 3.63) is 70.3 Å². The molecule has 0 aliphatic rings. The second kappa shape index (κ2) is 5.86. The predicted octanol–water partition coefficient (Wildman–Crippen LogP) is 1.97. The number of nitrogens with zero attached hydrogens (tertiary/aromatic N) is 4. The molecule has 0 radical (unpaired) electrons. The third-order valence-corrected chi connectivity index (χ3v) is 4.10. The lowest BCUT2D eigenvalue weighted by atomic mass is 10.2. The Morgan fingerprint density at radius 2 is 1.84 bits per heavy atom. The molecule has 0 aliphatic heterocycles. The van der Waals surface area contributed by atoms with Gasteiger partial charge in [0.05, 0.1) is 16.5 Å². The molecular formula is C18H14N4O3. The summed E-state index contributed by atoms with van der Waals surface area (Å²) in [7, 11) is 1.66. The summed E-state index contributed by atoms with van der Waals surface area (Å²) in [6.07, 6.45) is 0.746. The number of hydrogen-bond donors (Lipinski definition) is 0. The zero-order chi connectivity index (χ0) is 17.4. The van der Waals surface area contributed by atoms with Gasteiger partial charge in [-0.05, 0) is 24.3 Å². The van der Waals surface area contributed by atoms with E-state index >= 15 is 0 Å². The molecule has 0 unspecified atom stereocenters. The highest BCUT2D eigenvalue weighted by Gasteiger charge is 2.15. The molecule has 0 aliphatic carbocycles. The van der Waals surface area contributed by atoms with Gasteiger partial charge in [-0.25, -0.2) is 0 Å². The van der Waals surface area contributed by atoms with Gasteiger partial charge in [-0.1, -0.05) is 24.3 Å². The highest BCUT2D eigenvalue weighted by atomic mass is 16.5. The number of aryl methyl sites for hydroxylation is 1. The summed E-state index contributed by atoms with van der Waals surface area (Å²) in [5.74, 6) is 1.46. The van der Waals surface area contributed by atoms with Gasteiger partial charge in [0.2, 0.25) is 5.78 Å². The van der Waals surface area contributed by atoms with Crippen LogP contribution in [0.2, 0.25) is 0 Å². The molecule has 7 nitrogen and oxygen atoms in total. The van der Waals surface area contributed by atoms with Crippen LogP contribution in [-0.2, 0) is 13.7 Å². The third kappa shape index (κ3) is 2.37. The van der Waals surface area contributed by atoms with Crippen molar-refractivity contribution in [1.82, 2.24) is 19.2 Å². The first-order valence-corrected chi connectivity index (χ1v) is 7.69. The summed E-state index contributed by atoms with van der Waals surface area (Å²) >= 11 is 0. The van der Waals surface area contributed by atoms with E-state index in [-0.39, 0.29) is 12.2 Å². The van der Waals surface area contributed by atoms with Gasteiger partial charge < -0.3 is 4.74 Å². The molecule has 0 saturated carbocycles. The second-order valence-electron chi connectivity index (χ2n) is 5.58. The Balaban J connectivity index is 1.84. The van der Waals surface area contributed by atoms with Crippen molar-refractivity contribution in [3.8, 4) is 5.75 Å². The van der Waals surface area contributed by atoms with E-state index in [1.807, 2.05) is 18.2 Å². The molecule has 0 atom stereocenters. The summed E-state index contributed by atoms with van der Waals surface area (Å²) in [6.45, 7) is 0.119. The molecule has 4 aromatic rings. The van der Waals surface area contributed by atoms with Crippen LogP contribution in [0.3, 0.4) is 0 Å². The van der Waals surface area contributed by atoms with Crippen LogP contribution in [0, 0.1) is 0 Å². The zero-order valence-electron chi connectivity index (χ0n) is 13.4. The standard InChI is InChI=1S/C18H14N4O3/c1-21-17(24)13-7-3-4-8-14(13)22-16(19-20-18(21)22)11-25-15-9-5-2-6-12(15)10-23/h2-10H,11H2,1H3. The number of rotatable bonds is 4. The maximum atomic E-state index is 12.4. The highest BCUT2D eigenvalue weighted by molar-refractivity contribution is 5.80. The van der Waals surface area contributed by atoms with Crippen LogP contribution in [-0.4, -0.2) is 25.5 Å². The van der Waals surface area contributed by atoms with Crippen LogP contribution >= 0.6 is 0 Å². The largest absolute Gasteiger partial charge is 0.485 e.